The van der Waals surface area contributed by atoms with Crippen molar-refractivity contribution in [3.63, 3.8) is 0 Å². The number of aromatic nitrogens is 1. The van der Waals surface area contributed by atoms with E-state index >= 15 is 0 Å². The largest absolute Gasteiger partial charge is 0.619 e. The van der Waals surface area contributed by atoms with Gasteiger partial charge < -0.3 is 15.3 Å². The molecule has 0 fully saturated rings. The molecule has 1 aromatic heterocycles. The van der Waals surface area contributed by atoms with Crippen molar-refractivity contribution in [1.29, 1.82) is 0 Å². The van der Waals surface area contributed by atoms with Gasteiger partial charge in [0.05, 0.1) is 12.1 Å². The first-order valence-corrected chi connectivity index (χ1v) is 6.36. The first-order chi connectivity index (χ1) is 10.2. The Labute approximate surface area is 122 Å². The highest BCUT2D eigenvalue weighted by molar-refractivity contribution is 5.67. The van der Waals surface area contributed by atoms with Gasteiger partial charge in [-0.15, -0.1) is 0 Å². The van der Waals surface area contributed by atoms with Gasteiger partial charge in [-0.05, 0) is 11.6 Å². The van der Waals surface area contributed by atoms with Gasteiger partial charge in [0.1, 0.15) is 6.61 Å². The van der Waals surface area contributed by atoms with Crippen molar-refractivity contribution in [2.24, 2.45) is 0 Å². The molecule has 0 unspecified atom stereocenters. The predicted molar refractivity (Wildman–Crippen MR) is 76.9 cm³/mol. The average molecular weight is 282 g/mol. The van der Waals surface area contributed by atoms with Gasteiger partial charge in [0.25, 0.3) is 0 Å². The van der Waals surface area contributed by atoms with Crippen molar-refractivity contribution < 1.29 is 14.3 Å². The van der Waals surface area contributed by atoms with Crippen LogP contribution >= 0.6 is 0 Å². The third kappa shape index (κ3) is 5.25. The second-order valence-electron chi connectivity index (χ2n) is 4.17. The molecule has 1 N–H and O–H groups in total. The van der Waals surface area contributed by atoms with Gasteiger partial charge in [0.15, 0.2) is 12.4 Å². The molecule has 0 aliphatic carbocycles. The topological polar surface area (TPSA) is 65.3 Å². The molecule has 2 aromatic rings. The summed E-state index contributed by atoms with van der Waals surface area (Å²) in [6.45, 7) is 0.371. The van der Waals surface area contributed by atoms with Crippen LogP contribution in [0.1, 0.15) is 11.1 Å². The van der Waals surface area contributed by atoms with E-state index in [-0.39, 0.29) is 13.2 Å². The summed E-state index contributed by atoms with van der Waals surface area (Å²) in [6.07, 6.45) is 2.21. The average Bonchev–Trinajstić information content (AvgIpc) is 2.51. The summed E-state index contributed by atoms with van der Waals surface area (Å²) < 4.78 is 5.70. The van der Waals surface area contributed by atoms with Gasteiger partial charge in [0.2, 0.25) is 0 Å². The van der Waals surface area contributed by atoms with E-state index in [2.05, 4.69) is 17.2 Å². The smallest absolute Gasteiger partial charge is 0.408 e. The molecule has 0 saturated heterocycles. The number of carbonyl (C=O) groups excluding carboxylic acids is 1. The standard InChI is InChI=1S/C16H14N2O3/c19-16(21-13-15-6-2-1-3-7-15)17-10-4-8-14-9-5-11-18(20)12-14/h1-3,5-7,9,11-12H,10,13H2,(H,17,19). The molecule has 1 aromatic carbocycles. The van der Waals surface area contributed by atoms with Gasteiger partial charge >= 0.3 is 6.09 Å². The van der Waals surface area contributed by atoms with Gasteiger partial charge in [-0.1, -0.05) is 42.2 Å². The fourth-order valence-corrected chi connectivity index (χ4v) is 1.57. The Morgan fingerprint density at radius 1 is 1.24 bits per heavy atom. The van der Waals surface area contributed by atoms with E-state index in [0.29, 0.717) is 10.3 Å². The van der Waals surface area contributed by atoms with E-state index in [1.807, 2.05) is 30.3 Å². The Balaban J connectivity index is 1.72. The number of benzene rings is 1. The number of amides is 1. The number of nitrogens with zero attached hydrogens (tertiary/aromatic N) is 1. The van der Waals surface area contributed by atoms with Crippen LogP contribution in [-0.4, -0.2) is 12.6 Å². The van der Waals surface area contributed by atoms with Crippen molar-refractivity contribution >= 4 is 6.09 Å². The van der Waals surface area contributed by atoms with Crippen LogP contribution in [0.5, 0.6) is 0 Å². The Hall–Kier alpha value is -3.00. The summed E-state index contributed by atoms with van der Waals surface area (Å²) >= 11 is 0. The summed E-state index contributed by atoms with van der Waals surface area (Å²) in [7, 11) is 0. The van der Waals surface area contributed by atoms with Crippen LogP contribution in [0, 0.1) is 17.0 Å². The van der Waals surface area contributed by atoms with Crippen molar-refractivity contribution in [3.8, 4) is 11.8 Å². The zero-order valence-electron chi connectivity index (χ0n) is 11.3. The molecule has 0 aliphatic rings. The number of nitrogens with one attached hydrogen (secondary N) is 1. The van der Waals surface area contributed by atoms with Gasteiger partial charge in [-0.2, -0.15) is 4.73 Å². The zero-order valence-corrected chi connectivity index (χ0v) is 11.3. The maximum absolute atomic E-state index is 11.4. The molecule has 2 rings (SSSR count). The molecule has 1 amide bonds. The summed E-state index contributed by atoms with van der Waals surface area (Å²) in [4.78, 5) is 11.4. The molecule has 1 heterocycles. The van der Waals surface area contributed by atoms with Crippen molar-refractivity contribution in [2.75, 3.05) is 6.54 Å². The lowest BCUT2D eigenvalue weighted by Gasteiger charge is -2.04. The van der Waals surface area contributed by atoms with Gasteiger partial charge in [0, 0.05) is 6.07 Å². The molecule has 21 heavy (non-hydrogen) atoms. The first kappa shape index (κ1) is 14.4. The van der Waals surface area contributed by atoms with E-state index in [0.717, 1.165) is 5.56 Å². The lowest BCUT2D eigenvalue weighted by Crippen LogP contribution is -2.25. The van der Waals surface area contributed by atoms with Crippen LogP contribution < -0.4 is 10.0 Å². The lowest BCUT2D eigenvalue weighted by atomic mass is 10.2. The molecule has 5 heteroatoms. The number of hydrogen-bond acceptors (Lipinski definition) is 3. The number of alkyl carbamates (subject to hydrolysis) is 1. The summed E-state index contributed by atoms with van der Waals surface area (Å²) in [5, 5.41) is 13.5. The fraction of sp³-hybridized carbons (Fsp3) is 0.125. The van der Waals surface area contributed by atoms with E-state index in [9.17, 15) is 10.0 Å². The minimum absolute atomic E-state index is 0.154. The number of ether oxygens (including phenoxy) is 1. The number of hydrogen-bond donors (Lipinski definition) is 1. The van der Waals surface area contributed by atoms with Crippen LogP contribution in [-0.2, 0) is 11.3 Å². The zero-order chi connectivity index (χ0) is 14.9. The molecule has 0 bridgehead atoms. The normalized spacial score (nSPS) is 9.33. The minimum atomic E-state index is -0.528. The van der Waals surface area contributed by atoms with Crippen LogP contribution in [0.3, 0.4) is 0 Å². The monoisotopic (exact) mass is 282 g/mol. The Morgan fingerprint density at radius 3 is 2.81 bits per heavy atom. The Bertz CT molecular complexity index is 660. The lowest BCUT2D eigenvalue weighted by molar-refractivity contribution is -0.605. The first-order valence-electron chi connectivity index (χ1n) is 6.36. The number of rotatable bonds is 3. The van der Waals surface area contributed by atoms with Crippen LogP contribution in [0.25, 0.3) is 0 Å². The highest BCUT2D eigenvalue weighted by Crippen LogP contribution is 2.00. The van der Waals surface area contributed by atoms with Gasteiger partial charge in [-0.25, -0.2) is 4.79 Å². The number of pyridine rings is 1. The highest BCUT2D eigenvalue weighted by atomic mass is 16.5. The van der Waals surface area contributed by atoms with Crippen LogP contribution in [0.4, 0.5) is 4.79 Å². The van der Waals surface area contributed by atoms with Crippen LogP contribution in [0.2, 0.25) is 0 Å². The molecule has 0 atom stereocenters. The molecule has 0 saturated carbocycles. The highest BCUT2D eigenvalue weighted by Gasteiger charge is 2.00. The molecular formula is C16H14N2O3. The van der Waals surface area contributed by atoms with E-state index in [1.165, 1.54) is 12.4 Å². The second kappa shape index (κ2) is 7.56. The summed E-state index contributed by atoms with van der Waals surface area (Å²) in [6, 6.07) is 12.7. The maximum Gasteiger partial charge on any atom is 0.408 e. The SMILES string of the molecule is O=C(NCC#Cc1ccc[n+]([O-])c1)OCc1ccccc1. The molecule has 106 valence electrons. The summed E-state index contributed by atoms with van der Waals surface area (Å²) in [5.41, 5.74) is 1.51. The Kier molecular flexibility index (Phi) is 5.18. The quantitative estimate of drug-likeness (QED) is 0.528. The van der Waals surface area contributed by atoms with Crippen molar-refractivity contribution in [1.82, 2.24) is 5.32 Å². The van der Waals surface area contributed by atoms with Gasteiger partial charge in [-0.3, -0.25) is 0 Å². The third-order valence-corrected chi connectivity index (χ3v) is 2.54. The van der Waals surface area contributed by atoms with E-state index in [1.54, 1.807) is 12.1 Å². The summed E-state index contributed by atoms with van der Waals surface area (Å²) in [5.74, 6) is 5.52. The van der Waals surface area contributed by atoms with E-state index < -0.39 is 6.09 Å². The van der Waals surface area contributed by atoms with Crippen molar-refractivity contribution in [2.45, 2.75) is 6.61 Å². The van der Waals surface area contributed by atoms with Crippen molar-refractivity contribution in [3.05, 3.63) is 71.2 Å². The van der Waals surface area contributed by atoms with Crippen LogP contribution in [0.15, 0.2) is 54.9 Å². The minimum Gasteiger partial charge on any atom is -0.619 e. The van der Waals surface area contributed by atoms with E-state index in [4.69, 9.17) is 4.74 Å². The second-order valence-corrected chi connectivity index (χ2v) is 4.17. The fourth-order valence-electron chi connectivity index (χ4n) is 1.57. The maximum atomic E-state index is 11.4. The molecule has 0 radical (unpaired) electrons. The molecule has 0 aliphatic heterocycles. The molecule has 0 spiro atoms. The predicted octanol–water partition coefficient (Wildman–Crippen LogP) is 1.60. The molecule has 5 nitrogen and oxygen atoms in total. The third-order valence-electron chi connectivity index (χ3n) is 2.54. The molecular weight excluding hydrogens is 268 g/mol. The Morgan fingerprint density at radius 2 is 2.05 bits per heavy atom. The number of carbonyl (C=O) groups is 1.